The maximum atomic E-state index is 13.1. The molecule has 0 bridgehead atoms. The fourth-order valence-corrected chi connectivity index (χ4v) is 2.01. The molecule has 0 unspecified atom stereocenters. The molecular formula is C10H13FN2O5. The quantitative estimate of drug-likeness (QED) is 0.604. The summed E-state index contributed by atoms with van der Waals surface area (Å²) in [6.07, 6.45) is -2.01. The highest BCUT2D eigenvalue weighted by Crippen LogP contribution is 2.33. The zero-order valence-electron chi connectivity index (χ0n) is 9.54. The van der Waals surface area contributed by atoms with Crippen molar-refractivity contribution in [3.63, 3.8) is 0 Å². The topological polar surface area (TPSA) is 105 Å². The first-order valence-corrected chi connectivity index (χ1v) is 5.41. The number of aromatic amines is 1. The third kappa shape index (κ3) is 1.98. The van der Waals surface area contributed by atoms with Gasteiger partial charge >= 0.3 is 5.69 Å². The minimum Gasteiger partial charge on any atom is -0.394 e. The summed E-state index contributed by atoms with van der Waals surface area (Å²) in [5.41, 5.74) is -1.94. The summed E-state index contributed by atoms with van der Waals surface area (Å²) in [6, 6.07) is 0. The Morgan fingerprint density at radius 2 is 2.22 bits per heavy atom. The van der Waals surface area contributed by atoms with Crippen LogP contribution in [0.4, 0.5) is 4.39 Å². The summed E-state index contributed by atoms with van der Waals surface area (Å²) in [5.74, 6) is -1.64. The molecule has 100 valence electrons. The summed E-state index contributed by atoms with van der Waals surface area (Å²) in [4.78, 5) is 24.2. The second kappa shape index (κ2) is 4.63. The van der Waals surface area contributed by atoms with E-state index in [1.807, 2.05) is 0 Å². The molecule has 7 nitrogen and oxygen atoms in total. The van der Waals surface area contributed by atoms with E-state index in [0.717, 1.165) is 10.8 Å². The summed E-state index contributed by atoms with van der Waals surface area (Å²) in [7, 11) is 0. The van der Waals surface area contributed by atoms with Crippen molar-refractivity contribution in [2.24, 2.45) is 5.92 Å². The van der Waals surface area contributed by atoms with Gasteiger partial charge in [0, 0.05) is 5.92 Å². The van der Waals surface area contributed by atoms with Crippen LogP contribution >= 0.6 is 0 Å². The third-order valence-electron chi connectivity index (χ3n) is 3.06. The summed E-state index contributed by atoms with van der Waals surface area (Å²) < 4.78 is 19.3. The van der Waals surface area contributed by atoms with Crippen LogP contribution in [-0.2, 0) is 4.74 Å². The summed E-state index contributed by atoms with van der Waals surface area (Å²) >= 11 is 0. The van der Waals surface area contributed by atoms with E-state index in [2.05, 4.69) is 0 Å². The average molecular weight is 260 g/mol. The number of aliphatic hydroxyl groups is 2. The number of ether oxygens (including phenoxy) is 1. The fraction of sp³-hybridized carbons (Fsp3) is 0.600. The molecule has 0 amide bonds. The Kier molecular flexibility index (Phi) is 3.33. The highest BCUT2D eigenvalue weighted by atomic mass is 19.1. The van der Waals surface area contributed by atoms with E-state index in [1.54, 1.807) is 11.9 Å². The number of rotatable bonds is 2. The van der Waals surface area contributed by atoms with E-state index in [4.69, 9.17) is 9.84 Å². The van der Waals surface area contributed by atoms with Gasteiger partial charge < -0.3 is 14.9 Å². The number of H-pyrrole nitrogens is 1. The molecule has 1 aromatic heterocycles. The van der Waals surface area contributed by atoms with Gasteiger partial charge in [-0.25, -0.2) is 4.79 Å². The van der Waals surface area contributed by atoms with E-state index in [-0.39, 0.29) is 0 Å². The Labute approximate surface area is 100 Å². The molecule has 4 atom stereocenters. The van der Waals surface area contributed by atoms with Crippen LogP contribution in [0.15, 0.2) is 15.8 Å². The smallest absolute Gasteiger partial charge is 0.330 e. The van der Waals surface area contributed by atoms with Gasteiger partial charge in [-0.15, -0.1) is 0 Å². The van der Waals surface area contributed by atoms with Gasteiger partial charge in [-0.2, -0.15) is 4.39 Å². The first-order valence-electron chi connectivity index (χ1n) is 5.41. The molecule has 1 aliphatic heterocycles. The van der Waals surface area contributed by atoms with E-state index in [0.29, 0.717) is 0 Å². The number of hydrogen-bond acceptors (Lipinski definition) is 5. The van der Waals surface area contributed by atoms with Crippen LogP contribution in [0.25, 0.3) is 0 Å². The zero-order chi connectivity index (χ0) is 13.4. The van der Waals surface area contributed by atoms with Gasteiger partial charge in [0.05, 0.1) is 18.9 Å². The number of hydrogen-bond donors (Lipinski definition) is 3. The number of aliphatic hydroxyl groups excluding tert-OH is 2. The van der Waals surface area contributed by atoms with E-state index in [1.165, 1.54) is 0 Å². The lowest BCUT2D eigenvalue weighted by Crippen LogP contribution is -2.35. The first kappa shape index (κ1) is 12.9. The van der Waals surface area contributed by atoms with E-state index < -0.39 is 48.0 Å². The normalized spacial score (nSPS) is 31.8. The molecule has 0 aliphatic carbocycles. The molecule has 3 N–H and O–H groups in total. The Balaban J connectivity index is 2.42. The lowest BCUT2D eigenvalue weighted by molar-refractivity contribution is -0.0480. The molecule has 0 radical (unpaired) electrons. The third-order valence-corrected chi connectivity index (χ3v) is 3.06. The molecule has 0 aromatic carbocycles. The van der Waals surface area contributed by atoms with Gasteiger partial charge in [0.15, 0.2) is 0 Å². The predicted octanol–water partition coefficient (Wildman–Crippen LogP) is -1.44. The zero-order valence-corrected chi connectivity index (χ0v) is 9.54. The summed E-state index contributed by atoms with van der Waals surface area (Å²) in [5, 5.41) is 18.7. The number of halogens is 1. The molecule has 2 heterocycles. The maximum absolute atomic E-state index is 13.1. The first-order chi connectivity index (χ1) is 8.45. The fourth-order valence-electron chi connectivity index (χ4n) is 2.01. The standard InChI is InChI=1S/C10H13FN2O5/c1-4-7(15)6(3-14)18-9(4)13-2-5(11)8(16)12-10(13)17/h2,4,6-7,9,14-15H,3H2,1H3,(H,12,16,17)/t4-,6+,7-,9+/m0/s1. The van der Waals surface area contributed by atoms with Gasteiger partial charge in [0.1, 0.15) is 12.3 Å². The van der Waals surface area contributed by atoms with E-state index >= 15 is 0 Å². The minimum atomic E-state index is -1.12. The lowest BCUT2D eigenvalue weighted by atomic mass is 10.0. The number of aromatic nitrogens is 2. The van der Waals surface area contributed by atoms with Crippen molar-refractivity contribution < 1.29 is 19.3 Å². The van der Waals surface area contributed by atoms with Crippen molar-refractivity contribution in [2.75, 3.05) is 6.61 Å². The van der Waals surface area contributed by atoms with Gasteiger partial charge in [-0.05, 0) is 0 Å². The molecule has 1 fully saturated rings. The second-order valence-corrected chi connectivity index (χ2v) is 4.24. The van der Waals surface area contributed by atoms with Gasteiger partial charge in [0.2, 0.25) is 5.82 Å². The van der Waals surface area contributed by atoms with E-state index in [9.17, 15) is 19.1 Å². The molecule has 18 heavy (non-hydrogen) atoms. The lowest BCUT2D eigenvalue weighted by Gasteiger charge is -2.17. The number of nitrogens with one attached hydrogen (secondary N) is 1. The molecule has 2 rings (SSSR count). The Bertz CT molecular complexity index is 554. The van der Waals surface area contributed by atoms with Crippen LogP contribution in [0.2, 0.25) is 0 Å². The van der Waals surface area contributed by atoms with Crippen LogP contribution in [0.1, 0.15) is 13.2 Å². The maximum Gasteiger partial charge on any atom is 0.330 e. The van der Waals surface area contributed by atoms with Crippen LogP contribution in [-0.4, -0.2) is 38.6 Å². The van der Waals surface area contributed by atoms with Crippen molar-refractivity contribution in [3.05, 3.63) is 32.9 Å². The predicted molar refractivity (Wildman–Crippen MR) is 57.4 cm³/mol. The van der Waals surface area contributed by atoms with Crippen LogP contribution < -0.4 is 11.2 Å². The molecular weight excluding hydrogens is 247 g/mol. The molecule has 0 spiro atoms. The Hall–Kier alpha value is -1.51. The minimum absolute atomic E-state index is 0.414. The molecule has 1 aliphatic rings. The monoisotopic (exact) mass is 260 g/mol. The SMILES string of the molecule is C[C@H]1[C@H](O)[C@@H](CO)O[C@H]1n1cc(F)c(=O)[nH]c1=O. The van der Waals surface area contributed by atoms with Crippen LogP contribution in [0.5, 0.6) is 0 Å². The highest BCUT2D eigenvalue weighted by Gasteiger charge is 2.42. The molecule has 8 heteroatoms. The van der Waals surface area contributed by atoms with Crippen molar-refractivity contribution in [2.45, 2.75) is 25.4 Å². The number of nitrogens with zero attached hydrogens (tertiary/aromatic N) is 1. The Morgan fingerprint density at radius 3 is 2.78 bits per heavy atom. The molecule has 0 saturated carbocycles. The largest absolute Gasteiger partial charge is 0.394 e. The van der Waals surface area contributed by atoms with Crippen molar-refractivity contribution >= 4 is 0 Å². The van der Waals surface area contributed by atoms with Crippen LogP contribution in [0.3, 0.4) is 0 Å². The second-order valence-electron chi connectivity index (χ2n) is 4.24. The molecule has 1 saturated heterocycles. The Morgan fingerprint density at radius 1 is 1.56 bits per heavy atom. The van der Waals surface area contributed by atoms with Crippen LogP contribution in [0, 0.1) is 11.7 Å². The van der Waals surface area contributed by atoms with Crippen molar-refractivity contribution in [1.82, 2.24) is 9.55 Å². The summed E-state index contributed by atoms with van der Waals surface area (Å²) in [6.45, 7) is 1.18. The van der Waals surface area contributed by atoms with Gasteiger partial charge in [-0.1, -0.05) is 6.92 Å². The molecule has 1 aromatic rings. The van der Waals surface area contributed by atoms with Gasteiger partial charge in [-0.3, -0.25) is 14.3 Å². The highest BCUT2D eigenvalue weighted by molar-refractivity contribution is 4.93. The van der Waals surface area contributed by atoms with Crippen molar-refractivity contribution in [1.29, 1.82) is 0 Å². The average Bonchev–Trinajstić information content (AvgIpc) is 2.61. The van der Waals surface area contributed by atoms with Gasteiger partial charge in [0.25, 0.3) is 5.56 Å². The van der Waals surface area contributed by atoms with Crippen molar-refractivity contribution in [3.8, 4) is 0 Å².